The lowest BCUT2D eigenvalue weighted by Gasteiger charge is -2.35. The highest BCUT2D eigenvalue weighted by Crippen LogP contribution is 2.18. The van der Waals surface area contributed by atoms with Gasteiger partial charge in [-0.25, -0.2) is 4.79 Å². The fraction of sp³-hybridized carbons (Fsp3) is 0.588. The number of anilines is 1. The molecule has 2 aliphatic heterocycles. The normalized spacial score (nSPS) is 22.3. The fourth-order valence-electron chi connectivity index (χ4n) is 3.09. The van der Waals surface area contributed by atoms with Crippen LogP contribution in [0, 0.1) is 0 Å². The lowest BCUT2D eigenvalue weighted by molar-refractivity contribution is 0.0572. The summed E-state index contributed by atoms with van der Waals surface area (Å²) in [5.74, 6) is 0. The van der Waals surface area contributed by atoms with E-state index in [9.17, 15) is 4.79 Å². The number of carbonyl (C=O) groups is 1. The maximum atomic E-state index is 12.3. The first-order valence-electron chi connectivity index (χ1n) is 8.28. The van der Waals surface area contributed by atoms with E-state index in [0.29, 0.717) is 6.10 Å². The van der Waals surface area contributed by atoms with E-state index >= 15 is 0 Å². The van der Waals surface area contributed by atoms with E-state index < -0.39 is 0 Å². The Morgan fingerprint density at radius 2 is 2.00 bits per heavy atom. The Labute approximate surface area is 142 Å². The van der Waals surface area contributed by atoms with Crippen LogP contribution < -0.4 is 5.32 Å². The predicted octanol–water partition coefficient (Wildman–Crippen LogP) is 2.74. The molecule has 3 rings (SSSR count). The number of amides is 2. The highest BCUT2D eigenvalue weighted by atomic mass is 32.2. The molecule has 2 fully saturated rings. The monoisotopic (exact) mass is 335 g/mol. The van der Waals surface area contributed by atoms with Crippen LogP contribution in [0.25, 0.3) is 0 Å². The molecular weight excluding hydrogens is 310 g/mol. The summed E-state index contributed by atoms with van der Waals surface area (Å²) in [6.45, 7) is 5.33. The van der Waals surface area contributed by atoms with Crippen molar-refractivity contribution in [2.24, 2.45) is 0 Å². The van der Waals surface area contributed by atoms with Gasteiger partial charge in [-0.15, -0.1) is 11.8 Å². The molecule has 0 aliphatic carbocycles. The Hall–Kier alpha value is -1.24. The quantitative estimate of drug-likeness (QED) is 0.860. The smallest absolute Gasteiger partial charge is 0.321 e. The molecule has 2 heterocycles. The van der Waals surface area contributed by atoms with Crippen LogP contribution in [0.15, 0.2) is 29.2 Å². The predicted molar refractivity (Wildman–Crippen MR) is 94.2 cm³/mol. The highest BCUT2D eigenvalue weighted by molar-refractivity contribution is 7.98. The minimum absolute atomic E-state index is 0.00123. The van der Waals surface area contributed by atoms with E-state index in [1.165, 1.54) is 17.7 Å². The van der Waals surface area contributed by atoms with Crippen LogP contribution in [-0.4, -0.2) is 67.5 Å². The van der Waals surface area contributed by atoms with Crippen LogP contribution in [0.3, 0.4) is 0 Å². The number of urea groups is 1. The molecule has 0 aromatic heterocycles. The van der Waals surface area contributed by atoms with E-state index in [-0.39, 0.29) is 6.03 Å². The van der Waals surface area contributed by atoms with Crippen molar-refractivity contribution in [2.75, 3.05) is 50.9 Å². The first-order chi connectivity index (χ1) is 11.2. The van der Waals surface area contributed by atoms with Gasteiger partial charge < -0.3 is 15.0 Å². The number of hydrogen-bond donors (Lipinski definition) is 1. The molecule has 6 heteroatoms. The minimum Gasteiger partial charge on any atom is -0.377 e. The summed E-state index contributed by atoms with van der Waals surface area (Å²) >= 11 is 1.70. The average molecular weight is 335 g/mol. The summed E-state index contributed by atoms with van der Waals surface area (Å²) < 4.78 is 5.69. The van der Waals surface area contributed by atoms with Crippen LogP contribution in [0.4, 0.5) is 10.5 Å². The van der Waals surface area contributed by atoms with Crippen LogP contribution in [-0.2, 0) is 4.74 Å². The third kappa shape index (κ3) is 4.62. The van der Waals surface area contributed by atoms with Crippen molar-refractivity contribution < 1.29 is 9.53 Å². The Bertz CT molecular complexity index is 509. The molecule has 1 aromatic rings. The maximum absolute atomic E-state index is 12.3. The second-order valence-electron chi connectivity index (χ2n) is 6.08. The Morgan fingerprint density at radius 3 is 2.61 bits per heavy atom. The van der Waals surface area contributed by atoms with Gasteiger partial charge in [0.1, 0.15) is 0 Å². The topological polar surface area (TPSA) is 44.8 Å². The lowest BCUT2D eigenvalue weighted by Crippen LogP contribution is -2.51. The molecule has 0 spiro atoms. The molecule has 23 heavy (non-hydrogen) atoms. The summed E-state index contributed by atoms with van der Waals surface area (Å²) in [7, 11) is 0. The van der Waals surface area contributed by atoms with E-state index in [4.69, 9.17) is 4.74 Å². The molecular formula is C17H25N3O2S. The van der Waals surface area contributed by atoms with E-state index in [2.05, 4.69) is 10.2 Å². The van der Waals surface area contributed by atoms with Gasteiger partial charge in [-0.2, -0.15) is 0 Å². The molecule has 2 amide bonds. The number of benzene rings is 1. The number of nitrogens with zero attached hydrogens (tertiary/aromatic N) is 2. The Morgan fingerprint density at radius 1 is 1.26 bits per heavy atom. The van der Waals surface area contributed by atoms with Crippen molar-refractivity contribution in [3.63, 3.8) is 0 Å². The average Bonchev–Trinajstić information content (AvgIpc) is 3.09. The summed E-state index contributed by atoms with van der Waals surface area (Å²) in [6, 6.07) is 7.97. The van der Waals surface area contributed by atoms with E-state index in [0.717, 1.165) is 45.0 Å². The van der Waals surface area contributed by atoms with Crippen molar-refractivity contribution in [1.29, 1.82) is 0 Å². The van der Waals surface area contributed by atoms with E-state index in [1.54, 1.807) is 11.8 Å². The molecule has 1 aromatic carbocycles. The molecule has 1 atom stereocenters. The molecule has 2 saturated heterocycles. The van der Waals surface area contributed by atoms with Crippen molar-refractivity contribution in [3.05, 3.63) is 24.3 Å². The first-order valence-corrected chi connectivity index (χ1v) is 9.51. The number of ether oxygens (including phenoxy) is 1. The second kappa shape index (κ2) is 8.04. The number of rotatable bonds is 4. The second-order valence-corrected chi connectivity index (χ2v) is 6.96. The number of nitrogens with one attached hydrogen (secondary N) is 1. The Kier molecular flexibility index (Phi) is 5.80. The van der Waals surface area contributed by atoms with Crippen LogP contribution >= 0.6 is 11.8 Å². The van der Waals surface area contributed by atoms with Crippen molar-refractivity contribution in [3.8, 4) is 0 Å². The molecule has 0 bridgehead atoms. The van der Waals surface area contributed by atoms with Crippen LogP contribution in [0.1, 0.15) is 12.8 Å². The third-order valence-electron chi connectivity index (χ3n) is 4.49. The van der Waals surface area contributed by atoms with Gasteiger partial charge in [0.2, 0.25) is 0 Å². The number of carbonyl (C=O) groups excluding carboxylic acids is 1. The van der Waals surface area contributed by atoms with Gasteiger partial charge in [-0.1, -0.05) is 0 Å². The molecule has 126 valence electrons. The summed E-state index contributed by atoms with van der Waals surface area (Å²) in [5.41, 5.74) is 0.856. The van der Waals surface area contributed by atoms with Gasteiger partial charge in [0.25, 0.3) is 0 Å². The van der Waals surface area contributed by atoms with Crippen LogP contribution in [0.2, 0.25) is 0 Å². The van der Waals surface area contributed by atoms with Gasteiger partial charge >= 0.3 is 6.03 Å². The SMILES string of the molecule is CSc1ccc(NC(=O)N2CCN(C[C@H]3CCCO3)CC2)cc1. The largest absolute Gasteiger partial charge is 0.377 e. The summed E-state index contributed by atoms with van der Waals surface area (Å²) in [6.07, 6.45) is 4.80. The minimum atomic E-state index is -0.00123. The maximum Gasteiger partial charge on any atom is 0.321 e. The Balaban J connectivity index is 1.43. The van der Waals surface area contributed by atoms with Crippen molar-refractivity contribution in [1.82, 2.24) is 9.80 Å². The summed E-state index contributed by atoms with van der Waals surface area (Å²) in [4.78, 5) is 17.8. The van der Waals surface area contributed by atoms with Crippen molar-refractivity contribution >= 4 is 23.5 Å². The molecule has 0 saturated carbocycles. The molecule has 0 radical (unpaired) electrons. The highest BCUT2D eigenvalue weighted by Gasteiger charge is 2.24. The van der Waals surface area contributed by atoms with Gasteiger partial charge in [0, 0.05) is 49.9 Å². The zero-order valence-corrected chi connectivity index (χ0v) is 14.5. The number of thioether (sulfide) groups is 1. The first kappa shape index (κ1) is 16.6. The third-order valence-corrected chi connectivity index (χ3v) is 5.23. The number of hydrogen-bond acceptors (Lipinski definition) is 4. The number of piperazine rings is 1. The standard InChI is InChI=1S/C17H25N3O2S/c1-23-16-6-4-14(5-7-16)18-17(21)20-10-8-19(9-11-20)13-15-3-2-12-22-15/h4-7,15H,2-3,8-13H2,1H3,(H,18,21)/t15-/m1/s1. The lowest BCUT2D eigenvalue weighted by atomic mass is 10.2. The van der Waals surface area contributed by atoms with Gasteiger partial charge in [-0.3, -0.25) is 4.90 Å². The molecule has 0 unspecified atom stereocenters. The summed E-state index contributed by atoms with van der Waals surface area (Å²) in [5, 5.41) is 2.99. The van der Waals surface area contributed by atoms with E-state index in [1.807, 2.05) is 35.4 Å². The molecule has 2 aliphatic rings. The van der Waals surface area contributed by atoms with Gasteiger partial charge in [-0.05, 0) is 43.4 Å². The molecule has 5 nitrogen and oxygen atoms in total. The zero-order chi connectivity index (χ0) is 16.1. The fourth-order valence-corrected chi connectivity index (χ4v) is 3.49. The molecule has 1 N–H and O–H groups in total. The zero-order valence-electron chi connectivity index (χ0n) is 13.7. The van der Waals surface area contributed by atoms with Crippen molar-refractivity contribution in [2.45, 2.75) is 23.8 Å². The van der Waals surface area contributed by atoms with Gasteiger partial charge in [0.05, 0.1) is 6.10 Å². The van der Waals surface area contributed by atoms with Gasteiger partial charge in [0.15, 0.2) is 0 Å². The van der Waals surface area contributed by atoms with Crippen LogP contribution in [0.5, 0.6) is 0 Å².